The monoisotopic (exact) mass is 331 g/mol. The zero-order chi connectivity index (χ0) is 14.8. The summed E-state index contributed by atoms with van der Waals surface area (Å²) in [5.41, 5.74) is 1.75. The Balaban J connectivity index is 2.03. The van der Waals surface area contributed by atoms with E-state index in [0.29, 0.717) is 9.90 Å². The molecule has 2 N–H and O–H groups in total. The molecule has 2 aromatic rings. The van der Waals surface area contributed by atoms with Gasteiger partial charge in [-0.05, 0) is 24.6 Å². The quantitative estimate of drug-likeness (QED) is 0.885. The van der Waals surface area contributed by atoms with Crippen LogP contribution in [0.25, 0.3) is 0 Å². The molecule has 0 aliphatic carbocycles. The fourth-order valence-electron chi connectivity index (χ4n) is 1.61. The van der Waals surface area contributed by atoms with Gasteiger partial charge in [0, 0.05) is 6.54 Å². The van der Waals surface area contributed by atoms with E-state index in [1.165, 1.54) is 12.1 Å². The molecule has 2 rings (SSSR count). The minimum Gasteiger partial charge on any atom is -0.387 e. The van der Waals surface area contributed by atoms with E-state index in [-0.39, 0.29) is 10.8 Å². The SMILES string of the molecule is Cc1ccc([C@H](O)CNS(=O)(=O)c2ccc(Cl)s2)cc1. The van der Waals surface area contributed by atoms with Crippen LogP contribution in [-0.4, -0.2) is 20.1 Å². The topological polar surface area (TPSA) is 66.4 Å². The number of aliphatic hydroxyl groups is 1. The molecular formula is C13H14ClNO3S2. The van der Waals surface area contributed by atoms with Crippen molar-refractivity contribution in [2.24, 2.45) is 0 Å². The largest absolute Gasteiger partial charge is 0.387 e. The highest BCUT2D eigenvalue weighted by Crippen LogP contribution is 2.25. The van der Waals surface area contributed by atoms with Gasteiger partial charge in [-0.3, -0.25) is 0 Å². The Bertz CT molecular complexity index is 680. The predicted octanol–water partition coefficient (Wildman–Crippen LogP) is 2.72. The van der Waals surface area contributed by atoms with E-state index in [2.05, 4.69) is 4.72 Å². The Kier molecular flexibility index (Phi) is 4.82. The van der Waals surface area contributed by atoms with E-state index >= 15 is 0 Å². The number of thiophene rings is 1. The smallest absolute Gasteiger partial charge is 0.250 e. The molecule has 0 amide bonds. The van der Waals surface area contributed by atoms with Crippen molar-refractivity contribution in [3.63, 3.8) is 0 Å². The molecule has 108 valence electrons. The van der Waals surface area contributed by atoms with E-state index in [4.69, 9.17) is 11.6 Å². The van der Waals surface area contributed by atoms with Crippen LogP contribution in [0.5, 0.6) is 0 Å². The Morgan fingerprint density at radius 2 is 1.90 bits per heavy atom. The fourth-order valence-corrected chi connectivity index (χ4v) is 4.17. The van der Waals surface area contributed by atoms with Crippen LogP contribution in [0.2, 0.25) is 4.34 Å². The number of halogens is 1. The maximum atomic E-state index is 12.0. The zero-order valence-electron chi connectivity index (χ0n) is 10.7. The van der Waals surface area contributed by atoms with Crippen LogP contribution < -0.4 is 4.72 Å². The number of aliphatic hydroxyl groups excluding tert-OH is 1. The average Bonchev–Trinajstić information content (AvgIpc) is 2.84. The van der Waals surface area contributed by atoms with Gasteiger partial charge in [-0.2, -0.15) is 0 Å². The second-order valence-corrected chi connectivity index (χ2v) is 8.05. The van der Waals surface area contributed by atoms with Gasteiger partial charge in [0.15, 0.2) is 0 Å². The molecule has 0 aliphatic heterocycles. The summed E-state index contributed by atoms with van der Waals surface area (Å²) in [4.78, 5) is 0. The van der Waals surface area contributed by atoms with Gasteiger partial charge in [0.05, 0.1) is 10.4 Å². The van der Waals surface area contributed by atoms with Gasteiger partial charge in [0.1, 0.15) is 4.21 Å². The van der Waals surface area contributed by atoms with Crippen LogP contribution in [-0.2, 0) is 10.0 Å². The molecule has 0 radical (unpaired) electrons. The van der Waals surface area contributed by atoms with Gasteiger partial charge in [-0.15, -0.1) is 11.3 Å². The highest BCUT2D eigenvalue weighted by molar-refractivity contribution is 7.91. The first-order valence-corrected chi connectivity index (χ1v) is 8.56. The van der Waals surface area contributed by atoms with Crippen molar-refractivity contribution in [3.8, 4) is 0 Å². The molecular weight excluding hydrogens is 318 g/mol. The van der Waals surface area contributed by atoms with Crippen LogP contribution in [0.1, 0.15) is 17.2 Å². The van der Waals surface area contributed by atoms with Crippen molar-refractivity contribution in [3.05, 3.63) is 51.9 Å². The number of hydrogen-bond acceptors (Lipinski definition) is 4. The molecule has 0 bridgehead atoms. The molecule has 0 unspecified atom stereocenters. The number of rotatable bonds is 5. The summed E-state index contributed by atoms with van der Waals surface area (Å²) < 4.78 is 26.8. The molecule has 0 fully saturated rings. The lowest BCUT2D eigenvalue weighted by molar-refractivity contribution is 0.182. The molecule has 1 aromatic carbocycles. The average molecular weight is 332 g/mol. The molecule has 1 heterocycles. The van der Waals surface area contributed by atoms with Crippen molar-refractivity contribution in [1.82, 2.24) is 4.72 Å². The minimum atomic E-state index is -3.63. The number of benzene rings is 1. The molecule has 20 heavy (non-hydrogen) atoms. The fraction of sp³-hybridized carbons (Fsp3) is 0.231. The Morgan fingerprint density at radius 3 is 2.45 bits per heavy atom. The van der Waals surface area contributed by atoms with E-state index < -0.39 is 16.1 Å². The summed E-state index contributed by atoms with van der Waals surface area (Å²) in [5, 5.41) is 9.98. The first-order chi connectivity index (χ1) is 9.38. The van der Waals surface area contributed by atoms with Crippen molar-refractivity contribution in [2.45, 2.75) is 17.2 Å². The molecule has 0 aliphatic rings. The minimum absolute atomic E-state index is 0.0824. The van der Waals surface area contributed by atoms with Crippen LogP contribution in [0, 0.1) is 6.92 Å². The maximum absolute atomic E-state index is 12.0. The van der Waals surface area contributed by atoms with Crippen molar-refractivity contribution < 1.29 is 13.5 Å². The Morgan fingerprint density at radius 1 is 1.25 bits per heavy atom. The summed E-state index contributed by atoms with van der Waals surface area (Å²) in [7, 11) is -3.63. The molecule has 1 aromatic heterocycles. The molecule has 4 nitrogen and oxygen atoms in total. The first kappa shape index (κ1) is 15.5. The van der Waals surface area contributed by atoms with Crippen LogP contribution in [0.3, 0.4) is 0 Å². The van der Waals surface area contributed by atoms with Crippen molar-refractivity contribution in [1.29, 1.82) is 0 Å². The number of hydrogen-bond donors (Lipinski definition) is 2. The molecule has 0 spiro atoms. The van der Waals surface area contributed by atoms with E-state index in [0.717, 1.165) is 16.9 Å². The lowest BCUT2D eigenvalue weighted by atomic mass is 10.1. The van der Waals surface area contributed by atoms with Crippen LogP contribution in [0.15, 0.2) is 40.6 Å². The van der Waals surface area contributed by atoms with Crippen LogP contribution in [0.4, 0.5) is 0 Å². The second-order valence-electron chi connectivity index (χ2n) is 4.34. The van der Waals surface area contributed by atoms with E-state index in [9.17, 15) is 13.5 Å². The standard InChI is InChI=1S/C13H14ClNO3S2/c1-9-2-4-10(5-3-9)11(16)8-15-20(17,18)13-7-6-12(14)19-13/h2-7,11,15-16H,8H2,1H3/t11-/m1/s1. The molecule has 0 saturated carbocycles. The lowest BCUT2D eigenvalue weighted by Crippen LogP contribution is -2.28. The second kappa shape index (κ2) is 6.24. The normalized spacial score (nSPS) is 13.3. The summed E-state index contributed by atoms with van der Waals surface area (Å²) in [6.07, 6.45) is -0.888. The molecule has 1 atom stereocenters. The van der Waals surface area contributed by atoms with Gasteiger partial charge in [-0.1, -0.05) is 41.4 Å². The predicted molar refractivity (Wildman–Crippen MR) is 80.7 cm³/mol. The first-order valence-electron chi connectivity index (χ1n) is 5.88. The van der Waals surface area contributed by atoms with Crippen molar-refractivity contribution >= 4 is 33.0 Å². The maximum Gasteiger partial charge on any atom is 0.250 e. The Hall–Kier alpha value is -0.920. The number of aryl methyl sites for hydroxylation is 1. The zero-order valence-corrected chi connectivity index (χ0v) is 13.1. The third-order valence-electron chi connectivity index (χ3n) is 2.74. The van der Waals surface area contributed by atoms with E-state index in [1.54, 1.807) is 12.1 Å². The van der Waals surface area contributed by atoms with Gasteiger partial charge in [0.25, 0.3) is 0 Å². The summed E-state index contributed by atoms with van der Waals surface area (Å²) in [5.74, 6) is 0. The van der Waals surface area contributed by atoms with Gasteiger partial charge in [-0.25, -0.2) is 13.1 Å². The number of nitrogens with one attached hydrogen (secondary N) is 1. The molecule has 7 heteroatoms. The lowest BCUT2D eigenvalue weighted by Gasteiger charge is -2.12. The Labute approximate surface area is 127 Å². The van der Waals surface area contributed by atoms with Gasteiger partial charge < -0.3 is 5.11 Å². The molecule has 0 saturated heterocycles. The van der Waals surface area contributed by atoms with Crippen molar-refractivity contribution in [2.75, 3.05) is 6.54 Å². The van der Waals surface area contributed by atoms with E-state index in [1.807, 2.05) is 19.1 Å². The van der Waals surface area contributed by atoms with Gasteiger partial charge >= 0.3 is 0 Å². The third-order valence-corrected chi connectivity index (χ3v) is 5.89. The highest BCUT2D eigenvalue weighted by atomic mass is 35.5. The summed E-state index contributed by atoms with van der Waals surface area (Å²) >= 11 is 6.69. The highest BCUT2D eigenvalue weighted by Gasteiger charge is 2.18. The summed E-state index contributed by atoms with van der Waals surface area (Å²) in [6, 6.07) is 10.2. The van der Waals surface area contributed by atoms with Gasteiger partial charge in [0.2, 0.25) is 10.0 Å². The number of sulfonamides is 1. The third kappa shape index (κ3) is 3.80. The van der Waals surface area contributed by atoms with Crippen LogP contribution >= 0.6 is 22.9 Å². The summed E-state index contributed by atoms with van der Waals surface area (Å²) in [6.45, 7) is 1.86.